The predicted molar refractivity (Wildman–Crippen MR) is 221 cm³/mol. The Hall–Kier alpha value is -2.87. The van der Waals surface area contributed by atoms with Gasteiger partial charge in [-0.3, -0.25) is 20.5 Å². The number of piperidine rings is 1. The molecule has 0 bridgehead atoms. The molecule has 1 aromatic rings. The fourth-order valence-electron chi connectivity index (χ4n) is 10.2. The molecule has 1 amide bonds. The molecular formula is C45H71F2N7O. The summed E-state index contributed by atoms with van der Waals surface area (Å²) in [5, 5.41) is 18.0. The van der Waals surface area contributed by atoms with E-state index in [-0.39, 0.29) is 42.5 Å². The van der Waals surface area contributed by atoms with Crippen molar-refractivity contribution in [2.45, 2.75) is 147 Å². The van der Waals surface area contributed by atoms with Crippen LogP contribution in [0.1, 0.15) is 129 Å². The summed E-state index contributed by atoms with van der Waals surface area (Å²) in [7, 11) is 0. The van der Waals surface area contributed by atoms with E-state index >= 15 is 0 Å². The van der Waals surface area contributed by atoms with E-state index in [9.17, 15) is 19.0 Å². The van der Waals surface area contributed by atoms with E-state index in [1.807, 2.05) is 15.9 Å². The highest BCUT2D eigenvalue weighted by molar-refractivity contribution is 5.98. The van der Waals surface area contributed by atoms with Crippen LogP contribution >= 0.6 is 0 Å². The SMILES string of the molecule is C#CCCCCN1CCN(CCCC(=O)N2CCC(C(=N)N(C(C)=N)C(C)CC3CCC(C)N3CCC(c3ccccc3)C3CCC(F)(F)CC3)CC2)CC1. The molecule has 3 aliphatic heterocycles. The van der Waals surface area contributed by atoms with E-state index < -0.39 is 5.92 Å². The topological polar surface area (TPSA) is 81.0 Å². The van der Waals surface area contributed by atoms with Gasteiger partial charge in [0.05, 0.1) is 5.84 Å². The lowest BCUT2D eigenvalue weighted by molar-refractivity contribution is -0.132. The van der Waals surface area contributed by atoms with Crippen LogP contribution in [0, 0.1) is 35.0 Å². The smallest absolute Gasteiger partial charge is 0.248 e. The molecule has 0 radical (unpaired) electrons. The van der Waals surface area contributed by atoms with Crippen LogP contribution in [-0.2, 0) is 4.79 Å². The highest BCUT2D eigenvalue weighted by atomic mass is 19.3. The Morgan fingerprint density at radius 1 is 0.909 bits per heavy atom. The van der Waals surface area contributed by atoms with Gasteiger partial charge in [-0.2, -0.15) is 0 Å². The Kier molecular flexibility index (Phi) is 16.6. The second kappa shape index (κ2) is 21.0. The molecule has 3 saturated heterocycles. The molecule has 10 heteroatoms. The van der Waals surface area contributed by atoms with Gasteiger partial charge < -0.3 is 19.6 Å². The minimum absolute atomic E-state index is 0.00462. The van der Waals surface area contributed by atoms with Crippen LogP contribution in [-0.4, -0.2) is 125 Å². The Morgan fingerprint density at radius 3 is 2.16 bits per heavy atom. The van der Waals surface area contributed by atoms with Crippen molar-refractivity contribution >= 4 is 17.6 Å². The molecule has 4 fully saturated rings. The van der Waals surface area contributed by atoms with Gasteiger partial charge in [-0.15, -0.1) is 12.3 Å². The molecule has 4 atom stereocenters. The summed E-state index contributed by atoms with van der Waals surface area (Å²) in [5.41, 5.74) is 1.27. The minimum Gasteiger partial charge on any atom is -0.343 e. The molecule has 1 aromatic carbocycles. The average Bonchev–Trinajstić information content (AvgIpc) is 3.52. The molecule has 0 spiro atoms. The van der Waals surface area contributed by atoms with E-state index in [2.05, 4.69) is 58.7 Å². The molecule has 4 unspecified atom stereocenters. The first-order valence-corrected chi connectivity index (χ1v) is 21.7. The highest BCUT2D eigenvalue weighted by Crippen LogP contribution is 2.44. The second-order valence-electron chi connectivity index (χ2n) is 17.3. The number of terminal acetylenes is 1. The molecule has 8 nitrogen and oxygen atoms in total. The Bertz CT molecular complexity index is 1390. The van der Waals surface area contributed by atoms with Crippen molar-refractivity contribution in [2.24, 2.45) is 11.8 Å². The molecule has 306 valence electrons. The number of carbonyl (C=O) groups excluding carboxylic acids is 1. The van der Waals surface area contributed by atoms with Crippen LogP contribution in [0.2, 0.25) is 0 Å². The zero-order valence-corrected chi connectivity index (χ0v) is 34.3. The molecule has 3 heterocycles. The first kappa shape index (κ1) is 43.3. The third-order valence-corrected chi connectivity index (χ3v) is 13.5. The van der Waals surface area contributed by atoms with Crippen molar-refractivity contribution in [3.05, 3.63) is 35.9 Å². The summed E-state index contributed by atoms with van der Waals surface area (Å²) in [4.78, 5) is 24.8. The number of amidine groups is 2. The molecule has 0 aromatic heterocycles. The number of hydrogen-bond donors (Lipinski definition) is 2. The number of nitrogens with zero attached hydrogens (tertiary/aromatic N) is 5. The fraction of sp³-hybridized carbons (Fsp3) is 0.756. The predicted octanol–water partition coefficient (Wildman–Crippen LogP) is 8.33. The van der Waals surface area contributed by atoms with Crippen molar-refractivity contribution in [3.63, 3.8) is 0 Å². The molecule has 55 heavy (non-hydrogen) atoms. The van der Waals surface area contributed by atoms with Gasteiger partial charge in [-0.25, -0.2) is 8.78 Å². The molecule has 4 aliphatic rings. The van der Waals surface area contributed by atoms with Gasteiger partial charge in [0.2, 0.25) is 11.8 Å². The maximum absolute atomic E-state index is 14.1. The number of likely N-dealkylation sites (tertiary alicyclic amines) is 2. The molecule has 1 aliphatic carbocycles. The van der Waals surface area contributed by atoms with Crippen molar-refractivity contribution in [2.75, 3.05) is 58.9 Å². The standard InChI is InChI=1S/C45H71F2N7O/c1-5-6-7-11-25-50-30-32-51(33-31-50)26-12-15-43(55)52-27-20-40(21-28-52)44(49)54(37(4)48)36(3)34-41-17-16-35(2)53(41)29-22-42(38-13-9-8-10-14-38)39-18-23-45(46,47)24-19-39/h1,8-10,13-14,35-36,39-42,48-49H,6-7,11-12,15-34H2,2-4H3. The summed E-state index contributed by atoms with van der Waals surface area (Å²) in [5.74, 6) is 1.97. The van der Waals surface area contributed by atoms with Gasteiger partial charge in [0.1, 0.15) is 5.84 Å². The van der Waals surface area contributed by atoms with E-state index in [4.69, 9.17) is 11.8 Å². The quantitative estimate of drug-likeness (QED) is 0.0723. The summed E-state index contributed by atoms with van der Waals surface area (Å²) < 4.78 is 28.2. The van der Waals surface area contributed by atoms with Gasteiger partial charge in [0.25, 0.3) is 0 Å². The number of hydrogen-bond acceptors (Lipinski definition) is 6. The van der Waals surface area contributed by atoms with Crippen LogP contribution in [0.3, 0.4) is 0 Å². The first-order chi connectivity index (χ1) is 26.5. The Balaban J connectivity index is 1.06. The molecule has 5 rings (SSSR count). The molecular weight excluding hydrogens is 693 g/mol. The first-order valence-electron chi connectivity index (χ1n) is 21.7. The van der Waals surface area contributed by atoms with Crippen molar-refractivity contribution in [3.8, 4) is 12.3 Å². The lowest BCUT2D eigenvalue weighted by Crippen LogP contribution is -2.50. The lowest BCUT2D eigenvalue weighted by atomic mass is 9.74. The van der Waals surface area contributed by atoms with Gasteiger partial charge in [-0.05, 0) is 128 Å². The summed E-state index contributed by atoms with van der Waals surface area (Å²) >= 11 is 0. The van der Waals surface area contributed by atoms with Crippen molar-refractivity contribution < 1.29 is 13.6 Å². The number of rotatable bonds is 17. The second-order valence-corrected chi connectivity index (χ2v) is 17.3. The molecule has 2 N–H and O–H groups in total. The minimum atomic E-state index is -2.52. The fourth-order valence-corrected chi connectivity index (χ4v) is 10.2. The highest BCUT2D eigenvalue weighted by Gasteiger charge is 2.40. The third-order valence-electron chi connectivity index (χ3n) is 13.5. The van der Waals surface area contributed by atoms with E-state index in [1.54, 1.807) is 6.92 Å². The summed E-state index contributed by atoms with van der Waals surface area (Å²) in [6.07, 6.45) is 16.7. The van der Waals surface area contributed by atoms with Crippen molar-refractivity contribution in [1.82, 2.24) is 24.5 Å². The average molecular weight is 764 g/mol. The monoisotopic (exact) mass is 764 g/mol. The van der Waals surface area contributed by atoms with Crippen LogP contribution in [0.4, 0.5) is 8.78 Å². The maximum Gasteiger partial charge on any atom is 0.248 e. The van der Waals surface area contributed by atoms with Crippen molar-refractivity contribution in [1.29, 1.82) is 10.8 Å². The Labute approximate surface area is 331 Å². The number of amides is 1. The summed E-state index contributed by atoms with van der Waals surface area (Å²) in [6.45, 7) is 15.0. The molecule has 1 saturated carbocycles. The van der Waals surface area contributed by atoms with Gasteiger partial charge in [0, 0.05) is 89.0 Å². The lowest BCUT2D eigenvalue weighted by Gasteiger charge is -2.40. The van der Waals surface area contributed by atoms with Gasteiger partial charge in [-0.1, -0.05) is 30.3 Å². The number of carbonyl (C=O) groups is 1. The third kappa shape index (κ3) is 12.6. The van der Waals surface area contributed by atoms with E-state index in [0.717, 1.165) is 104 Å². The zero-order valence-electron chi connectivity index (χ0n) is 34.3. The van der Waals surface area contributed by atoms with Gasteiger partial charge in [0.15, 0.2) is 0 Å². The van der Waals surface area contributed by atoms with Gasteiger partial charge >= 0.3 is 0 Å². The number of piperazine rings is 1. The number of alkyl halides is 2. The number of nitrogens with one attached hydrogen (secondary N) is 2. The van der Waals surface area contributed by atoms with Crippen LogP contribution in [0.15, 0.2) is 30.3 Å². The summed E-state index contributed by atoms with van der Waals surface area (Å²) in [6, 6.07) is 11.4. The normalized spacial score (nSPS) is 24.3. The number of halogens is 2. The van der Waals surface area contributed by atoms with Crippen LogP contribution in [0.25, 0.3) is 0 Å². The van der Waals surface area contributed by atoms with Crippen LogP contribution < -0.4 is 0 Å². The largest absolute Gasteiger partial charge is 0.343 e. The maximum atomic E-state index is 14.1. The van der Waals surface area contributed by atoms with E-state index in [0.29, 0.717) is 56.1 Å². The van der Waals surface area contributed by atoms with Crippen LogP contribution in [0.5, 0.6) is 0 Å². The number of benzene rings is 1. The van der Waals surface area contributed by atoms with E-state index in [1.165, 1.54) is 12.0 Å². The number of unbranched alkanes of at least 4 members (excludes halogenated alkanes) is 2. The Morgan fingerprint density at radius 2 is 1.55 bits per heavy atom. The zero-order chi connectivity index (χ0) is 39.4.